The van der Waals surface area contributed by atoms with Crippen molar-refractivity contribution in [3.63, 3.8) is 0 Å². The van der Waals surface area contributed by atoms with Gasteiger partial charge in [0.2, 0.25) is 0 Å². The first-order valence-electron chi connectivity index (χ1n) is 13.4. The second-order valence-corrected chi connectivity index (χ2v) is 13.8. The van der Waals surface area contributed by atoms with Gasteiger partial charge in [-0.25, -0.2) is 0 Å². The van der Waals surface area contributed by atoms with E-state index in [9.17, 15) is 132 Å². The van der Waals surface area contributed by atoms with Crippen LogP contribution in [-0.2, 0) is 0 Å². The van der Waals surface area contributed by atoms with Gasteiger partial charge in [0.1, 0.15) is 0 Å². The van der Waals surface area contributed by atoms with Crippen LogP contribution in [0.4, 0.5) is 132 Å². The molecular weight excluding hydrogens is 891 g/mol. The molecule has 0 rings (SSSR count). The summed E-state index contributed by atoms with van der Waals surface area (Å²) in [6.07, 6.45) is -29.8. The Kier molecular flexibility index (Phi) is 14.6. The summed E-state index contributed by atoms with van der Waals surface area (Å²) in [6, 6.07) is 1.20. The molecule has 0 saturated carbocycles. The lowest BCUT2D eigenvalue weighted by Crippen LogP contribution is -2.74. The van der Waals surface area contributed by atoms with Gasteiger partial charge in [0.15, 0.2) is 0 Å². The Balaban J connectivity index is 6.24. The van der Waals surface area contributed by atoms with E-state index >= 15 is 0 Å². The second-order valence-electron chi connectivity index (χ2n) is 11.1. The van der Waals surface area contributed by atoms with Crippen LogP contribution in [0.15, 0.2) is 0 Å². The van der Waals surface area contributed by atoms with Gasteiger partial charge in [-0.3, -0.25) is 0 Å². The minimum Gasteiger partial charge on any atom is -0.200 e. The molecule has 0 fully saturated rings. The van der Waals surface area contributed by atoms with Gasteiger partial charge in [-0.2, -0.15) is 137 Å². The van der Waals surface area contributed by atoms with Crippen molar-refractivity contribution < 1.29 is 132 Å². The van der Waals surface area contributed by atoms with Crippen molar-refractivity contribution >= 4 is 7.92 Å². The zero-order chi connectivity index (χ0) is 44.9. The summed E-state index contributed by atoms with van der Waals surface area (Å²) in [5.74, 6) is -97.7. The number of rotatable bonds is 20. The van der Waals surface area contributed by atoms with Crippen LogP contribution in [-0.4, -0.2) is 102 Å². The summed E-state index contributed by atoms with van der Waals surface area (Å²) >= 11 is 0. The zero-order valence-electron chi connectivity index (χ0n) is 25.4. The van der Waals surface area contributed by atoms with Crippen molar-refractivity contribution in [2.24, 2.45) is 0 Å². The lowest BCUT2D eigenvalue weighted by Gasteiger charge is -2.42. The highest BCUT2D eigenvalue weighted by atomic mass is 31.1. The Morgan fingerprint density at radius 2 is 0.527 bits per heavy atom. The van der Waals surface area contributed by atoms with Gasteiger partial charge in [0.05, 0.1) is 6.07 Å². The first kappa shape index (κ1) is 52.8. The van der Waals surface area contributed by atoms with Crippen LogP contribution in [0.3, 0.4) is 0 Å². The molecule has 0 aliphatic heterocycles. The number of hydrogen-bond donors (Lipinski definition) is 0. The predicted octanol–water partition coefficient (Wildman–Crippen LogP) is 12.7. The highest BCUT2D eigenvalue weighted by Gasteiger charge is 2.95. The van der Waals surface area contributed by atoms with Gasteiger partial charge in [-0.15, -0.1) is 7.92 Å². The van der Waals surface area contributed by atoms with Crippen molar-refractivity contribution in [2.45, 2.75) is 116 Å². The summed E-state index contributed by atoms with van der Waals surface area (Å²) in [5.41, 5.74) is 0. The molecule has 0 saturated heterocycles. The van der Waals surface area contributed by atoms with Crippen molar-refractivity contribution in [3.05, 3.63) is 0 Å². The molecule has 1 atom stereocenters. The van der Waals surface area contributed by atoms with E-state index in [2.05, 4.69) is 0 Å². The third-order valence-corrected chi connectivity index (χ3v) is 10.0. The Labute approximate surface area is 286 Å². The molecule has 32 heteroatoms. The fraction of sp³-hybridized carbons (Fsp3) is 0.957. The Hall–Kier alpha value is -2.18. The fourth-order valence-corrected chi connectivity index (χ4v) is 6.20. The van der Waals surface area contributed by atoms with Crippen molar-refractivity contribution in [1.82, 2.24) is 0 Å². The molecule has 0 radical (unpaired) electrons. The highest BCUT2D eigenvalue weighted by Crippen LogP contribution is 2.65. The molecule has 0 amide bonds. The smallest absolute Gasteiger partial charge is 0.200 e. The quantitative estimate of drug-likeness (QED) is 0.0882. The van der Waals surface area contributed by atoms with E-state index < -0.39 is 142 Å². The van der Waals surface area contributed by atoms with Crippen LogP contribution in [0.1, 0.15) is 32.1 Å². The summed E-state index contributed by atoms with van der Waals surface area (Å²) in [6.45, 7) is 0. The van der Waals surface area contributed by atoms with Gasteiger partial charge in [0, 0.05) is 19.3 Å². The van der Waals surface area contributed by atoms with E-state index in [1.165, 1.54) is 6.07 Å². The number of nitriles is 1. The number of halogens is 30. The maximum atomic E-state index is 14.1. The minimum absolute atomic E-state index is 0.870. The van der Waals surface area contributed by atoms with Gasteiger partial charge < -0.3 is 0 Å². The van der Waals surface area contributed by atoms with Crippen LogP contribution in [0.25, 0.3) is 0 Å². The molecule has 55 heavy (non-hydrogen) atoms. The first-order chi connectivity index (χ1) is 23.6. The summed E-state index contributed by atoms with van der Waals surface area (Å²) < 4.78 is 400. The van der Waals surface area contributed by atoms with Crippen LogP contribution >= 0.6 is 7.92 Å². The molecule has 0 aromatic rings. The van der Waals surface area contributed by atoms with E-state index in [1.54, 1.807) is 0 Å². The molecule has 328 valence electrons. The maximum Gasteiger partial charge on any atom is 0.460 e. The molecule has 1 unspecified atom stereocenters. The lowest BCUT2D eigenvalue weighted by atomic mass is 9.88. The summed E-state index contributed by atoms with van der Waals surface area (Å²) in [5, 5.41) is 8.56. The highest BCUT2D eigenvalue weighted by molar-refractivity contribution is 7.57. The van der Waals surface area contributed by atoms with Crippen molar-refractivity contribution in [2.75, 3.05) is 18.5 Å². The van der Waals surface area contributed by atoms with Gasteiger partial charge in [-0.1, -0.05) is 0 Å². The normalized spacial score (nSPS) is 16.7. The Morgan fingerprint density at radius 3 is 0.745 bits per heavy atom. The SMILES string of the molecule is N#CCCP(CCCC(F)(F)C(F)(F)C(F)(F)C(F)(F)C(F)(F)C(F)(F)F)CCCC(F)(F)C(F)(F)C(F)(F)C(F)(F)C(F)(F)C(F)(F)C(F)(F)C(F)(F)F. The molecule has 0 N–H and O–H groups in total. The van der Waals surface area contributed by atoms with Crippen molar-refractivity contribution in [3.8, 4) is 6.07 Å². The van der Waals surface area contributed by atoms with E-state index in [-0.39, 0.29) is 0 Å². The standard InChI is InChI=1S/C23H16F30NP/c24-10(25,12(28,29)14(32,33)16(36,37)17(38,39)19(42,43)21(46,47)23(51,52)53)4-1-7-55(9-3-6-54)8-2-5-11(26,27)13(30,31)15(34,35)18(40,41)20(44,45)22(48,49)50/h1-5,7-9H2. The predicted molar refractivity (Wildman–Crippen MR) is 122 cm³/mol. The summed E-state index contributed by atoms with van der Waals surface area (Å²) in [7, 11) is -2.67. The van der Waals surface area contributed by atoms with E-state index in [1.807, 2.05) is 0 Å². The lowest BCUT2D eigenvalue weighted by molar-refractivity contribution is -0.461. The van der Waals surface area contributed by atoms with E-state index in [4.69, 9.17) is 5.26 Å². The topological polar surface area (TPSA) is 23.8 Å². The molecule has 1 nitrogen and oxygen atoms in total. The summed E-state index contributed by atoms with van der Waals surface area (Å²) in [4.78, 5) is 0. The third-order valence-electron chi connectivity index (χ3n) is 7.26. The van der Waals surface area contributed by atoms with Crippen LogP contribution in [0.5, 0.6) is 0 Å². The Morgan fingerprint density at radius 1 is 0.309 bits per heavy atom. The molecule has 0 bridgehead atoms. The van der Waals surface area contributed by atoms with Crippen LogP contribution in [0, 0.1) is 11.3 Å². The van der Waals surface area contributed by atoms with Crippen LogP contribution < -0.4 is 0 Å². The average molecular weight is 907 g/mol. The third kappa shape index (κ3) is 8.39. The largest absolute Gasteiger partial charge is 0.460 e. The van der Waals surface area contributed by atoms with E-state index in [0.29, 0.717) is 0 Å². The molecule has 0 spiro atoms. The second kappa shape index (κ2) is 15.2. The minimum atomic E-state index is -8.93. The molecule has 0 aromatic heterocycles. The maximum absolute atomic E-state index is 14.1. The van der Waals surface area contributed by atoms with Gasteiger partial charge in [-0.05, 0) is 31.3 Å². The van der Waals surface area contributed by atoms with Gasteiger partial charge >= 0.3 is 83.4 Å². The number of alkyl halides is 30. The average Bonchev–Trinajstić information content (AvgIpc) is 2.97. The fourth-order valence-electron chi connectivity index (χ4n) is 3.91. The van der Waals surface area contributed by atoms with Crippen molar-refractivity contribution in [1.29, 1.82) is 5.26 Å². The molecular formula is C23H16F30NP. The number of nitrogens with zero attached hydrogens (tertiary/aromatic N) is 1. The first-order valence-corrected chi connectivity index (χ1v) is 15.3. The molecule has 0 aromatic carbocycles. The molecule has 0 aliphatic carbocycles. The molecule has 0 heterocycles. The monoisotopic (exact) mass is 907 g/mol. The zero-order valence-corrected chi connectivity index (χ0v) is 26.3. The van der Waals surface area contributed by atoms with E-state index in [0.717, 1.165) is 0 Å². The number of hydrogen-bond acceptors (Lipinski definition) is 1. The van der Waals surface area contributed by atoms with Crippen LogP contribution in [0.2, 0.25) is 0 Å². The molecule has 0 aliphatic rings. The Bertz CT molecular complexity index is 1340. The van der Waals surface area contributed by atoms with Gasteiger partial charge in [0.25, 0.3) is 0 Å².